The zero-order valence-electron chi connectivity index (χ0n) is 14.1. The number of alkyl carbamates (subject to hydrolysis) is 1. The Kier molecular flexibility index (Phi) is 4.42. The zero-order valence-corrected chi connectivity index (χ0v) is 14.8. The Morgan fingerprint density at radius 2 is 2.24 bits per heavy atom. The van der Waals surface area contributed by atoms with Crippen molar-refractivity contribution in [2.24, 2.45) is 0 Å². The van der Waals surface area contributed by atoms with Crippen LogP contribution in [0.2, 0.25) is 5.15 Å². The van der Waals surface area contributed by atoms with Crippen LogP contribution >= 0.6 is 11.6 Å². The number of hydrogen-bond acceptors (Lipinski definition) is 6. The van der Waals surface area contributed by atoms with E-state index in [2.05, 4.69) is 15.4 Å². The van der Waals surface area contributed by atoms with Gasteiger partial charge in [0.05, 0.1) is 30.7 Å². The molecular weight excluding hydrogens is 350 g/mol. The van der Waals surface area contributed by atoms with Crippen LogP contribution in [0.25, 0.3) is 5.65 Å². The number of aromatic nitrogens is 3. The van der Waals surface area contributed by atoms with Crippen molar-refractivity contribution in [1.82, 2.24) is 19.9 Å². The van der Waals surface area contributed by atoms with Gasteiger partial charge in [-0.25, -0.2) is 19.1 Å². The van der Waals surface area contributed by atoms with Crippen molar-refractivity contribution < 1.29 is 19.1 Å². The maximum absolute atomic E-state index is 11.8. The van der Waals surface area contributed by atoms with E-state index >= 15 is 0 Å². The minimum Gasteiger partial charge on any atom is -0.447 e. The fourth-order valence-corrected chi connectivity index (χ4v) is 2.54. The second-order valence-corrected chi connectivity index (χ2v) is 6.86. The van der Waals surface area contributed by atoms with Crippen LogP contribution < -0.4 is 10.2 Å². The summed E-state index contributed by atoms with van der Waals surface area (Å²) >= 11 is 6.03. The van der Waals surface area contributed by atoms with Gasteiger partial charge in [0.2, 0.25) is 0 Å². The molecule has 1 aliphatic rings. The third kappa shape index (κ3) is 3.93. The Balaban J connectivity index is 1.82. The van der Waals surface area contributed by atoms with E-state index in [1.54, 1.807) is 33.0 Å². The molecule has 0 aromatic carbocycles. The molecule has 1 fully saturated rings. The fourth-order valence-electron chi connectivity index (χ4n) is 2.35. The zero-order chi connectivity index (χ0) is 18.2. The fraction of sp³-hybridized carbons (Fsp3) is 0.467. The number of halogens is 1. The maximum atomic E-state index is 11.8. The Morgan fingerprint density at radius 1 is 1.48 bits per heavy atom. The first-order valence-corrected chi connectivity index (χ1v) is 8.07. The average Bonchev–Trinajstić information content (AvgIpc) is 3.08. The van der Waals surface area contributed by atoms with E-state index in [4.69, 9.17) is 21.1 Å². The van der Waals surface area contributed by atoms with Gasteiger partial charge < -0.3 is 14.8 Å². The quantitative estimate of drug-likeness (QED) is 0.894. The number of carbonyl (C=O) groups excluding carboxylic acids is 2. The van der Waals surface area contributed by atoms with E-state index in [0.717, 1.165) is 0 Å². The normalized spacial score (nSPS) is 14.7. The third-order valence-corrected chi connectivity index (χ3v) is 3.48. The smallest absolute Gasteiger partial charge is 0.414 e. The van der Waals surface area contributed by atoms with E-state index in [9.17, 15) is 9.59 Å². The molecule has 0 atom stereocenters. The predicted molar refractivity (Wildman–Crippen MR) is 89.8 cm³/mol. The summed E-state index contributed by atoms with van der Waals surface area (Å²) in [5, 5.41) is 6.98. The molecule has 2 aromatic heterocycles. The first kappa shape index (κ1) is 17.3. The molecule has 2 amide bonds. The summed E-state index contributed by atoms with van der Waals surface area (Å²) in [5.41, 5.74) is 0.922. The molecule has 0 saturated carbocycles. The van der Waals surface area contributed by atoms with E-state index in [1.807, 2.05) is 0 Å². The first-order chi connectivity index (χ1) is 11.7. The molecule has 0 radical (unpaired) electrons. The summed E-state index contributed by atoms with van der Waals surface area (Å²) in [4.78, 5) is 29.4. The number of anilines is 1. The molecule has 1 aliphatic heterocycles. The molecule has 1 saturated heterocycles. The lowest BCUT2D eigenvalue weighted by Gasteiger charge is -2.19. The molecule has 134 valence electrons. The molecule has 9 nitrogen and oxygen atoms in total. The van der Waals surface area contributed by atoms with E-state index in [1.165, 1.54) is 9.42 Å². The van der Waals surface area contributed by atoms with Crippen LogP contribution in [0.1, 0.15) is 26.5 Å². The molecule has 0 aliphatic carbocycles. The highest BCUT2D eigenvalue weighted by Gasteiger charge is 2.27. The minimum atomic E-state index is -0.582. The van der Waals surface area contributed by atoms with Crippen molar-refractivity contribution in [1.29, 1.82) is 0 Å². The van der Waals surface area contributed by atoms with Crippen molar-refractivity contribution >= 4 is 35.1 Å². The Bertz CT molecular complexity index is 829. The van der Waals surface area contributed by atoms with Crippen LogP contribution in [0.4, 0.5) is 15.3 Å². The third-order valence-electron chi connectivity index (χ3n) is 3.29. The van der Waals surface area contributed by atoms with Crippen LogP contribution in [-0.2, 0) is 16.0 Å². The van der Waals surface area contributed by atoms with Gasteiger partial charge in [-0.05, 0) is 20.8 Å². The minimum absolute atomic E-state index is 0.153. The monoisotopic (exact) mass is 367 g/mol. The van der Waals surface area contributed by atoms with Gasteiger partial charge >= 0.3 is 12.2 Å². The lowest BCUT2D eigenvalue weighted by Crippen LogP contribution is -2.32. The number of imidazole rings is 1. The standard InChI is InChI=1S/C15H18ClN5O4/c1-15(2,3)25-13(22)17-7-9-8-21-12(18-9)10(6-11(16)19-21)20-4-5-24-14(20)23/h6,8H,4-5,7H2,1-3H3,(H,17,22). The summed E-state index contributed by atoms with van der Waals surface area (Å²) in [5.74, 6) is 0. The molecule has 3 heterocycles. The highest BCUT2D eigenvalue weighted by molar-refractivity contribution is 6.29. The van der Waals surface area contributed by atoms with Crippen LogP contribution in [0.5, 0.6) is 0 Å². The summed E-state index contributed by atoms with van der Waals surface area (Å²) in [6.07, 6.45) is 0.628. The van der Waals surface area contributed by atoms with Gasteiger partial charge in [0.25, 0.3) is 0 Å². The SMILES string of the molecule is CC(C)(C)OC(=O)NCc1cn2nc(Cl)cc(N3CCOC3=O)c2n1. The van der Waals surface area contributed by atoms with Crippen LogP contribution in [0, 0.1) is 0 Å². The second-order valence-electron chi connectivity index (χ2n) is 6.47. The molecule has 0 unspecified atom stereocenters. The first-order valence-electron chi connectivity index (χ1n) is 7.69. The summed E-state index contributed by atoms with van der Waals surface area (Å²) in [6.45, 7) is 6.21. The van der Waals surface area contributed by atoms with Gasteiger partial charge in [0, 0.05) is 6.07 Å². The van der Waals surface area contributed by atoms with E-state index in [-0.39, 0.29) is 11.7 Å². The molecule has 1 N–H and O–H groups in total. The highest BCUT2D eigenvalue weighted by Crippen LogP contribution is 2.26. The van der Waals surface area contributed by atoms with Gasteiger partial charge in [-0.3, -0.25) is 4.90 Å². The molecule has 25 heavy (non-hydrogen) atoms. The number of rotatable bonds is 3. The summed E-state index contributed by atoms with van der Waals surface area (Å²) < 4.78 is 11.6. The van der Waals surface area contributed by atoms with Gasteiger partial charge in [-0.2, -0.15) is 5.10 Å². The number of hydrogen-bond donors (Lipinski definition) is 1. The average molecular weight is 368 g/mol. The van der Waals surface area contributed by atoms with Gasteiger partial charge in [-0.1, -0.05) is 11.6 Å². The van der Waals surface area contributed by atoms with E-state index < -0.39 is 17.8 Å². The molecule has 0 bridgehead atoms. The molecule has 0 spiro atoms. The van der Waals surface area contributed by atoms with Crippen LogP contribution in [-0.4, -0.2) is 45.5 Å². The van der Waals surface area contributed by atoms with Crippen molar-refractivity contribution in [3.05, 3.63) is 23.1 Å². The number of cyclic esters (lactones) is 1. The Hall–Kier alpha value is -2.55. The highest BCUT2D eigenvalue weighted by atomic mass is 35.5. The molecule has 10 heteroatoms. The maximum Gasteiger partial charge on any atom is 0.414 e. The largest absolute Gasteiger partial charge is 0.447 e. The number of nitrogens with zero attached hydrogens (tertiary/aromatic N) is 4. The topological polar surface area (TPSA) is 98.1 Å². The lowest BCUT2D eigenvalue weighted by molar-refractivity contribution is 0.0523. The second kappa shape index (κ2) is 6.40. The van der Waals surface area contributed by atoms with Crippen LogP contribution in [0.15, 0.2) is 12.3 Å². The van der Waals surface area contributed by atoms with Crippen molar-refractivity contribution in [2.45, 2.75) is 32.9 Å². The van der Waals surface area contributed by atoms with Gasteiger partial charge in [-0.15, -0.1) is 0 Å². The molecule has 3 rings (SSSR count). The summed E-state index contributed by atoms with van der Waals surface area (Å²) in [6, 6.07) is 1.56. The number of carbonyl (C=O) groups is 2. The van der Waals surface area contributed by atoms with Gasteiger partial charge in [0.15, 0.2) is 10.8 Å². The van der Waals surface area contributed by atoms with Crippen molar-refractivity contribution in [2.75, 3.05) is 18.1 Å². The van der Waals surface area contributed by atoms with Crippen LogP contribution in [0.3, 0.4) is 0 Å². The van der Waals surface area contributed by atoms with Gasteiger partial charge in [0.1, 0.15) is 12.2 Å². The number of ether oxygens (including phenoxy) is 2. The van der Waals surface area contributed by atoms with E-state index in [0.29, 0.717) is 30.2 Å². The Morgan fingerprint density at radius 3 is 2.88 bits per heavy atom. The lowest BCUT2D eigenvalue weighted by atomic mass is 10.2. The Labute approximate surface area is 148 Å². The summed E-state index contributed by atoms with van der Waals surface area (Å²) in [7, 11) is 0. The number of fused-ring (bicyclic) bond motifs is 1. The molecule has 2 aromatic rings. The number of amides is 2. The van der Waals surface area contributed by atoms with Crippen molar-refractivity contribution in [3.63, 3.8) is 0 Å². The molecular formula is C15H18ClN5O4. The van der Waals surface area contributed by atoms with Crippen molar-refractivity contribution in [3.8, 4) is 0 Å². The predicted octanol–water partition coefficient (Wildman–Crippen LogP) is 2.36. The number of nitrogens with one attached hydrogen (secondary N) is 1.